The van der Waals surface area contributed by atoms with Crippen LogP contribution in [0.1, 0.15) is 58.8 Å². The second-order valence-electron chi connectivity index (χ2n) is 6.71. The SMILES string of the molecule is CC(C)CC1CNCCCN1C(=O)C1CCCCC1. The normalized spacial score (nSPS) is 26.5. The Balaban J connectivity index is 2.01. The van der Waals surface area contributed by atoms with Gasteiger partial charge in [-0.25, -0.2) is 0 Å². The first-order valence-electron chi connectivity index (χ1n) is 8.19. The number of carbonyl (C=O) groups excluding carboxylic acids is 1. The van der Waals surface area contributed by atoms with E-state index < -0.39 is 0 Å². The quantitative estimate of drug-likeness (QED) is 0.852. The molecule has 1 unspecified atom stereocenters. The molecular formula is C16H30N2O. The Labute approximate surface area is 118 Å². The molecule has 1 amide bonds. The Morgan fingerprint density at radius 2 is 1.95 bits per heavy atom. The van der Waals surface area contributed by atoms with Crippen LogP contribution in [0.15, 0.2) is 0 Å². The van der Waals surface area contributed by atoms with Gasteiger partial charge in [-0.05, 0) is 38.1 Å². The van der Waals surface area contributed by atoms with Crippen LogP contribution < -0.4 is 5.32 Å². The fraction of sp³-hybridized carbons (Fsp3) is 0.938. The van der Waals surface area contributed by atoms with Crippen LogP contribution in [0.4, 0.5) is 0 Å². The highest BCUT2D eigenvalue weighted by Gasteiger charge is 2.31. The lowest BCUT2D eigenvalue weighted by atomic mass is 9.87. The number of rotatable bonds is 3. The lowest BCUT2D eigenvalue weighted by Crippen LogP contribution is -2.47. The van der Waals surface area contributed by atoms with Gasteiger partial charge in [0.25, 0.3) is 0 Å². The number of hydrogen-bond acceptors (Lipinski definition) is 2. The van der Waals surface area contributed by atoms with Crippen molar-refractivity contribution < 1.29 is 4.79 Å². The van der Waals surface area contributed by atoms with Crippen molar-refractivity contribution in [3.8, 4) is 0 Å². The van der Waals surface area contributed by atoms with E-state index >= 15 is 0 Å². The third-order valence-electron chi connectivity index (χ3n) is 4.55. The Hall–Kier alpha value is -0.570. The number of nitrogens with zero attached hydrogens (tertiary/aromatic N) is 1. The standard InChI is InChI=1S/C16H30N2O/c1-13(2)11-15-12-17-9-6-10-18(15)16(19)14-7-4-3-5-8-14/h13-15,17H,3-12H2,1-2H3. The first kappa shape index (κ1) is 14.8. The van der Waals surface area contributed by atoms with E-state index in [1.54, 1.807) is 0 Å². The van der Waals surface area contributed by atoms with Crippen molar-refractivity contribution in [2.75, 3.05) is 19.6 Å². The lowest BCUT2D eigenvalue weighted by Gasteiger charge is -2.35. The fourth-order valence-corrected chi connectivity index (χ4v) is 3.56. The number of amides is 1. The highest BCUT2D eigenvalue weighted by atomic mass is 16.2. The van der Waals surface area contributed by atoms with E-state index in [0.717, 1.165) is 45.3 Å². The number of carbonyl (C=O) groups is 1. The summed E-state index contributed by atoms with van der Waals surface area (Å²) in [4.78, 5) is 15.0. The van der Waals surface area contributed by atoms with Crippen LogP contribution in [0, 0.1) is 11.8 Å². The fourth-order valence-electron chi connectivity index (χ4n) is 3.56. The van der Waals surface area contributed by atoms with E-state index in [4.69, 9.17) is 0 Å². The van der Waals surface area contributed by atoms with Crippen molar-refractivity contribution in [3.05, 3.63) is 0 Å². The molecule has 0 aromatic heterocycles. The molecule has 0 aromatic rings. The van der Waals surface area contributed by atoms with E-state index in [9.17, 15) is 4.79 Å². The van der Waals surface area contributed by atoms with Crippen LogP contribution >= 0.6 is 0 Å². The van der Waals surface area contributed by atoms with Gasteiger partial charge in [-0.1, -0.05) is 33.1 Å². The molecule has 1 heterocycles. The van der Waals surface area contributed by atoms with Gasteiger partial charge in [0, 0.05) is 25.0 Å². The minimum atomic E-state index is 0.321. The summed E-state index contributed by atoms with van der Waals surface area (Å²) < 4.78 is 0. The monoisotopic (exact) mass is 266 g/mol. The third-order valence-corrected chi connectivity index (χ3v) is 4.55. The topological polar surface area (TPSA) is 32.3 Å². The average molecular weight is 266 g/mol. The van der Waals surface area contributed by atoms with Crippen LogP contribution in [0.3, 0.4) is 0 Å². The smallest absolute Gasteiger partial charge is 0.225 e. The molecule has 3 heteroatoms. The molecule has 2 aliphatic rings. The number of hydrogen-bond donors (Lipinski definition) is 1. The van der Waals surface area contributed by atoms with Gasteiger partial charge in [0.05, 0.1) is 0 Å². The molecular weight excluding hydrogens is 236 g/mol. The molecule has 0 aromatic carbocycles. The molecule has 19 heavy (non-hydrogen) atoms. The minimum absolute atomic E-state index is 0.321. The molecule has 1 saturated heterocycles. The van der Waals surface area contributed by atoms with Gasteiger partial charge in [-0.15, -0.1) is 0 Å². The second-order valence-corrected chi connectivity index (χ2v) is 6.71. The number of nitrogens with one attached hydrogen (secondary N) is 1. The molecule has 0 spiro atoms. The maximum atomic E-state index is 12.8. The van der Waals surface area contributed by atoms with E-state index in [0.29, 0.717) is 23.8 Å². The summed E-state index contributed by atoms with van der Waals surface area (Å²) in [5, 5.41) is 3.50. The summed E-state index contributed by atoms with van der Waals surface area (Å²) in [7, 11) is 0. The predicted molar refractivity (Wildman–Crippen MR) is 79.0 cm³/mol. The average Bonchev–Trinajstić information content (AvgIpc) is 2.64. The molecule has 1 aliphatic heterocycles. The Kier molecular flexibility index (Phi) is 5.68. The van der Waals surface area contributed by atoms with Crippen molar-refractivity contribution in [2.45, 2.75) is 64.8 Å². The molecule has 0 radical (unpaired) electrons. The molecule has 110 valence electrons. The maximum Gasteiger partial charge on any atom is 0.225 e. The molecule has 3 nitrogen and oxygen atoms in total. The molecule has 0 bridgehead atoms. The zero-order valence-electron chi connectivity index (χ0n) is 12.7. The van der Waals surface area contributed by atoms with Crippen molar-refractivity contribution in [3.63, 3.8) is 0 Å². The van der Waals surface area contributed by atoms with Crippen LogP contribution in [0.5, 0.6) is 0 Å². The second kappa shape index (κ2) is 7.28. The van der Waals surface area contributed by atoms with Crippen LogP contribution in [0.2, 0.25) is 0 Å². The summed E-state index contributed by atoms with van der Waals surface area (Å²) in [5.41, 5.74) is 0. The van der Waals surface area contributed by atoms with Crippen molar-refractivity contribution >= 4 is 5.91 Å². The largest absolute Gasteiger partial charge is 0.338 e. The molecule has 1 atom stereocenters. The van der Waals surface area contributed by atoms with Crippen LogP contribution in [0.25, 0.3) is 0 Å². The Morgan fingerprint density at radius 3 is 2.63 bits per heavy atom. The molecule has 1 saturated carbocycles. The summed E-state index contributed by atoms with van der Waals surface area (Å²) in [6, 6.07) is 0.414. The first-order valence-corrected chi connectivity index (χ1v) is 8.19. The zero-order chi connectivity index (χ0) is 13.7. The third kappa shape index (κ3) is 4.20. The van der Waals surface area contributed by atoms with E-state index in [-0.39, 0.29) is 0 Å². The van der Waals surface area contributed by atoms with Gasteiger partial charge in [0.1, 0.15) is 0 Å². The van der Waals surface area contributed by atoms with Crippen molar-refractivity contribution in [1.82, 2.24) is 10.2 Å². The van der Waals surface area contributed by atoms with Crippen molar-refractivity contribution in [1.29, 1.82) is 0 Å². The minimum Gasteiger partial charge on any atom is -0.338 e. The van der Waals surface area contributed by atoms with Gasteiger partial charge in [-0.3, -0.25) is 4.79 Å². The van der Waals surface area contributed by atoms with Gasteiger partial charge in [-0.2, -0.15) is 0 Å². The maximum absolute atomic E-state index is 12.8. The summed E-state index contributed by atoms with van der Waals surface area (Å²) in [6.45, 7) is 7.52. The Morgan fingerprint density at radius 1 is 1.21 bits per heavy atom. The first-order chi connectivity index (χ1) is 9.18. The molecule has 2 fully saturated rings. The van der Waals surface area contributed by atoms with E-state index in [1.165, 1.54) is 19.3 Å². The van der Waals surface area contributed by atoms with Crippen molar-refractivity contribution in [2.24, 2.45) is 11.8 Å². The van der Waals surface area contributed by atoms with Gasteiger partial charge >= 0.3 is 0 Å². The van der Waals surface area contributed by atoms with E-state index in [2.05, 4.69) is 24.1 Å². The van der Waals surface area contributed by atoms with Gasteiger partial charge in [0.2, 0.25) is 5.91 Å². The summed E-state index contributed by atoms with van der Waals surface area (Å²) >= 11 is 0. The summed E-state index contributed by atoms with van der Waals surface area (Å²) in [5.74, 6) is 1.43. The van der Waals surface area contributed by atoms with Crippen LogP contribution in [-0.4, -0.2) is 36.5 Å². The predicted octanol–water partition coefficient (Wildman–Crippen LogP) is 2.80. The molecule has 1 N–H and O–H groups in total. The molecule has 1 aliphatic carbocycles. The Bertz CT molecular complexity index is 284. The zero-order valence-corrected chi connectivity index (χ0v) is 12.7. The van der Waals surface area contributed by atoms with E-state index in [1.807, 2.05) is 0 Å². The molecule has 2 rings (SSSR count). The lowest BCUT2D eigenvalue weighted by molar-refractivity contribution is -0.139. The highest BCUT2D eigenvalue weighted by molar-refractivity contribution is 5.79. The van der Waals surface area contributed by atoms with Crippen LogP contribution in [-0.2, 0) is 4.79 Å². The highest BCUT2D eigenvalue weighted by Crippen LogP contribution is 2.27. The van der Waals surface area contributed by atoms with Gasteiger partial charge < -0.3 is 10.2 Å². The summed E-state index contributed by atoms with van der Waals surface area (Å²) in [6.07, 6.45) is 8.29. The van der Waals surface area contributed by atoms with Gasteiger partial charge in [0.15, 0.2) is 0 Å².